The first-order valence-corrected chi connectivity index (χ1v) is 4.40. The predicted molar refractivity (Wildman–Crippen MR) is 53.2 cm³/mol. The minimum absolute atomic E-state index is 0.278. The van der Waals surface area contributed by atoms with Crippen molar-refractivity contribution in [3.05, 3.63) is 39.9 Å². The SMILES string of the molecule is COc1cccc(CC(C)[N+](=O)[O-])c1. The molecule has 1 unspecified atom stereocenters. The second-order valence-corrected chi connectivity index (χ2v) is 3.19. The van der Waals surface area contributed by atoms with Gasteiger partial charge in [-0.15, -0.1) is 0 Å². The molecule has 0 aliphatic heterocycles. The van der Waals surface area contributed by atoms with Crippen molar-refractivity contribution in [1.82, 2.24) is 0 Å². The number of rotatable bonds is 4. The van der Waals surface area contributed by atoms with Gasteiger partial charge in [-0.3, -0.25) is 10.1 Å². The van der Waals surface area contributed by atoms with Gasteiger partial charge in [0.2, 0.25) is 6.04 Å². The minimum Gasteiger partial charge on any atom is -0.497 e. The highest BCUT2D eigenvalue weighted by Gasteiger charge is 2.13. The number of hydrogen-bond donors (Lipinski definition) is 0. The average molecular weight is 195 g/mol. The van der Waals surface area contributed by atoms with Crippen LogP contribution in [0.25, 0.3) is 0 Å². The number of methoxy groups -OCH3 is 1. The first-order chi connectivity index (χ1) is 6.63. The van der Waals surface area contributed by atoms with Gasteiger partial charge in [0.05, 0.1) is 7.11 Å². The van der Waals surface area contributed by atoms with E-state index in [1.807, 2.05) is 24.3 Å². The van der Waals surface area contributed by atoms with Crippen LogP contribution in [0, 0.1) is 10.1 Å². The van der Waals surface area contributed by atoms with Gasteiger partial charge in [0, 0.05) is 18.3 Å². The van der Waals surface area contributed by atoms with Crippen molar-refractivity contribution in [3.63, 3.8) is 0 Å². The van der Waals surface area contributed by atoms with Crippen LogP contribution in [0.2, 0.25) is 0 Å². The standard InChI is InChI=1S/C10H13NO3/c1-8(11(12)13)6-9-4-3-5-10(7-9)14-2/h3-5,7-8H,6H2,1-2H3. The van der Waals surface area contributed by atoms with Gasteiger partial charge in [-0.05, 0) is 17.7 Å². The molecule has 1 aromatic carbocycles. The summed E-state index contributed by atoms with van der Waals surface area (Å²) in [4.78, 5) is 10.2. The summed E-state index contributed by atoms with van der Waals surface area (Å²) in [6.45, 7) is 1.60. The second-order valence-electron chi connectivity index (χ2n) is 3.19. The molecule has 1 rings (SSSR count). The van der Waals surface area contributed by atoms with Crippen LogP contribution in [0.1, 0.15) is 12.5 Å². The molecule has 4 heteroatoms. The van der Waals surface area contributed by atoms with Crippen LogP contribution in [0.4, 0.5) is 0 Å². The summed E-state index contributed by atoms with van der Waals surface area (Å²) in [5.41, 5.74) is 0.925. The normalized spacial score (nSPS) is 12.1. The van der Waals surface area contributed by atoms with Crippen molar-refractivity contribution in [2.45, 2.75) is 19.4 Å². The predicted octanol–water partition coefficient (Wildman–Crippen LogP) is 1.90. The molecular formula is C10H13NO3. The minimum atomic E-state index is -0.554. The summed E-state index contributed by atoms with van der Waals surface area (Å²) >= 11 is 0. The van der Waals surface area contributed by atoms with Gasteiger partial charge in [-0.2, -0.15) is 0 Å². The summed E-state index contributed by atoms with van der Waals surface area (Å²) < 4.78 is 5.03. The second kappa shape index (κ2) is 4.60. The third-order valence-corrected chi connectivity index (χ3v) is 2.03. The molecule has 4 nitrogen and oxygen atoms in total. The molecule has 0 saturated heterocycles. The highest BCUT2D eigenvalue weighted by Crippen LogP contribution is 2.14. The van der Waals surface area contributed by atoms with E-state index in [4.69, 9.17) is 4.74 Å². The number of benzene rings is 1. The van der Waals surface area contributed by atoms with E-state index in [9.17, 15) is 10.1 Å². The molecule has 0 spiro atoms. The zero-order chi connectivity index (χ0) is 10.6. The maximum Gasteiger partial charge on any atom is 0.214 e. The molecule has 0 aliphatic carbocycles. The zero-order valence-electron chi connectivity index (χ0n) is 8.27. The third-order valence-electron chi connectivity index (χ3n) is 2.03. The van der Waals surface area contributed by atoms with Crippen LogP contribution in [-0.2, 0) is 6.42 Å². The molecular weight excluding hydrogens is 182 g/mol. The average Bonchev–Trinajstić information content (AvgIpc) is 2.18. The molecule has 0 fully saturated rings. The molecule has 0 N–H and O–H groups in total. The van der Waals surface area contributed by atoms with Crippen molar-refractivity contribution in [2.24, 2.45) is 0 Å². The largest absolute Gasteiger partial charge is 0.497 e. The van der Waals surface area contributed by atoms with E-state index in [2.05, 4.69) is 0 Å². The molecule has 0 bridgehead atoms. The van der Waals surface area contributed by atoms with E-state index in [1.54, 1.807) is 14.0 Å². The van der Waals surface area contributed by atoms with Crippen molar-refractivity contribution in [2.75, 3.05) is 7.11 Å². The van der Waals surface area contributed by atoms with E-state index in [-0.39, 0.29) is 4.92 Å². The lowest BCUT2D eigenvalue weighted by Crippen LogP contribution is -2.17. The zero-order valence-corrected chi connectivity index (χ0v) is 8.27. The fourth-order valence-electron chi connectivity index (χ4n) is 1.22. The Labute approximate surface area is 82.7 Å². The lowest BCUT2D eigenvalue weighted by atomic mass is 10.1. The van der Waals surface area contributed by atoms with Gasteiger partial charge >= 0.3 is 0 Å². The van der Waals surface area contributed by atoms with E-state index in [0.29, 0.717) is 6.42 Å². The van der Waals surface area contributed by atoms with Gasteiger partial charge in [-0.1, -0.05) is 12.1 Å². The molecule has 0 aromatic heterocycles. The molecule has 0 aliphatic rings. The molecule has 14 heavy (non-hydrogen) atoms. The topological polar surface area (TPSA) is 52.4 Å². The van der Waals surface area contributed by atoms with Crippen LogP contribution < -0.4 is 4.74 Å². The fourth-order valence-corrected chi connectivity index (χ4v) is 1.22. The molecule has 0 radical (unpaired) electrons. The highest BCUT2D eigenvalue weighted by molar-refractivity contribution is 5.28. The van der Waals surface area contributed by atoms with Crippen molar-refractivity contribution >= 4 is 0 Å². The molecule has 1 atom stereocenters. The Morgan fingerprint density at radius 3 is 2.86 bits per heavy atom. The summed E-state index contributed by atoms with van der Waals surface area (Å²) in [6.07, 6.45) is 0.435. The van der Waals surface area contributed by atoms with Gasteiger partial charge in [0.15, 0.2) is 0 Å². The third kappa shape index (κ3) is 2.73. The lowest BCUT2D eigenvalue weighted by molar-refractivity contribution is -0.517. The van der Waals surface area contributed by atoms with Gasteiger partial charge < -0.3 is 4.74 Å². The smallest absolute Gasteiger partial charge is 0.214 e. The fraction of sp³-hybridized carbons (Fsp3) is 0.400. The van der Waals surface area contributed by atoms with Crippen LogP contribution >= 0.6 is 0 Å². The molecule has 1 aromatic rings. The molecule has 0 saturated carbocycles. The van der Waals surface area contributed by atoms with E-state index in [0.717, 1.165) is 11.3 Å². The quantitative estimate of drug-likeness (QED) is 0.544. The Kier molecular flexibility index (Phi) is 3.45. The van der Waals surface area contributed by atoms with Gasteiger partial charge in [0.1, 0.15) is 5.75 Å². The van der Waals surface area contributed by atoms with Crippen LogP contribution in [-0.4, -0.2) is 18.1 Å². The summed E-state index contributed by atoms with van der Waals surface area (Å²) in [7, 11) is 1.58. The van der Waals surface area contributed by atoms with Crippen LogP contribution in [0.15, 0.2) is 24.3 Å². The first-order valence-electron chi connectivity index (χ1n) is 4.40. The van der Waals surface area contributed by atoms with Crippen LogP contribution in [0.5, 0.6) is 5.75 Å². The van der Waals surface area contributed by atoms with Gasteiger partial charge in [0.25, 0.3) is 0 Å². The molecule has 0 heterocycles. The lowest BCUT2D eigenvalue weighted by Gasteiger charge is -2.05. The van der Waals surface area contributed by atoms with Crippen molar-refractivity contribution < 1.29 is 9.66 Å². The Bertz CT molecular complexity index is 325. The Morgan fingerprint density at radius 2 is 2.29 bits per heavy atom. The monoisotopic (exact) mass is 195 g/mol. The number of nitro groups is 1. The van der Waals surface area contributed by atoms with Crippen molar-refractivity contribution in [1.29, 1.82) is 0 Å². The van der Waals surface area contributed by atoms with E-state index < -0.39 is 6.04 Å². The Hall–Kier alpha value is -1.58. The molecule has 76 valence electrons. The molecule has 0 amide bonds. The Balaban J connectivity index is 2.71. The number of nitrogens with zero attached hydrogens (tertiary/aromatic N) is 1. The van der Waals surface area contributed by atoms with E-state index >= 15 is 0 Å². The maximum atomic E-state index is 10.4. The first kappa shape index (κ1) is 10.5. The van der Waals surface area contributed by atoms with Crippen molar-refractivity contribution in [3.8, 4) is 5.75 Å². The van der Waals surface area contributed by atoms with E-state index in [1.165, 1.54) is 0 Å². The summed E-state index contributed by atoms with van der Waals surface area (Å²) in [6, 6.07) is 6.78. The number of hydrogen-bond acceptors (Lipinski definition) is 3. The van der Waals surface area contributed by atoms with Crippen LogP contribution in [0.3, 0.4) is 0 Å². The maximum absolute atomic E-state index is 10.4. The van der Waals surface area contributed by atoms with Gasteiger partial charge in [-0.25, -0.2) is 0 Å². The summed E-state index contributed by atoms with van der Waals surface area (Å²) in [5, 5.41) is 10.4. The highest BCUT2D eigenvalue weighted by atomic mass is 16.6. The summed E-state index contributed by atoms with van der Waals surface area (Å²) in [5.74, 6) is 0.734. The number of ether oxygens (including phenoxy) is 1. The Morgan fingerprint density at radius 1 is 1.57 bits per heavy atom.